The number of rotatable bonds is 4. The molecule has 0 aliphatic heterocycles. The summed E-state index contributed by atoms with van der Waals surface area (Å²) < 4.78 is 9.99. The lowest BCUT2D eigenvalue weighted by molar-refractivity contribution is 0.0472. The fourth-order valence-electron chi connectivity index (χ4n) is 2.22. The van der Waals surface area contributed by atoms with Gasteiger partial charge in [-0.05, 0) is 24.8 Å². The predicted octanol–water partition coefficient (Wildman–Crippen LogP) is 3.63. The number of benzene rings is 1. The molecule has 2 aromatic rings. The quantitative estimate of drug-likeness (QED) is 0.636. The first-order valence-corrected chi connectivity index (χ1v) is 7.44. The second-order valence-corrected chi connectivity index (χ2v) is 6.53. The van der Waals surface area contributed by atoms with Crippen LogP contribution in [0, 0.1) is 13.8 Å². The van der Waals surface area contributed by atoms with Crippen molar-refractivity contribution in [2.24, 2.45) is 0 Å². The number of carbonyl (C=O) groups excluding carboxylic acids is 2. The fourth-order valence-corrected chi connectivity index (χ4v) is 2.22. The highest BCUT2D eigenvalue weighted by atomic mass is 16.5. The van der Waals surface area contributed by atoms with Gasteiger partial charge >= 0.3 is 5.97 Å². The zero-order valence-electron chi connectivity index (χ0n) is 14.1. The molecule has 0 saturated carbocycles. The third-order valence-electron chi connectivity index (χ3n) is 3.64. The number of hydrogen-bond acceptors (Lipinski definition) is 5. The Hall–Kier alpha value is -2.43. The van der Waals surface area contributed by atoms with E-state index in [4.69, 9.17) is 9.26 Å². The summed E-state index contributed by atoms with van der Waals surface area (Å²) >= 11 is 0. The van der Waals surface area contributed by atoms with Gasteiger partial charge in [0.25, 0.3) is 0 Å². The minimum absolute atomic E-state index is 0.0252. The second-order valence-electron chi connectivity index (χ2n) is 6.53. The summed E-state index contributed by atoms with van der Waals surface area (Å²) in [5, 5.41) is 3.69. The molecule has 5 nitrogen and oxygen atoms in total. The van der Waals surface area contributed by atoms with Gasteiger partial charge in [0.2, 0.25) is 0 Å². The maximum Gasteiger partial charge on any atom is 0.344 e. The highest BCUT2D eigenvalue weighted by molar-refractivity contribution is 5.99. The average molecular weight is 315 g/mol. The van der Waals surface area contributed by atoms with Crippen molar-refractivity contribution in [2.75, 3.05) is 6.61 Å². The molecule has 0 aliphatic carbocycles. The number of aromatic nitrogens is 1. The molecular formula is C18H21NO4. The van der Waals surface area contributed by atoms with Crippen LogP contribution < -0.4 is 0 Å². The van der Waals surface area contributed by atoms with E-state index in [0.717, 1.165) is 5.56 Å². The summed E-state index contributed by atoms with van der Waals surface area (Å²) in [5.74, 6) is -0.457. The van der Waals surface area contributed by atoms with Gasteiger partial charge in [0, 0.05) is 5.56 Å². The van der Waals surface area contributed by atoms with Crippen LogP contribution in [0.5, 0.6) is 0 Å². The molecule has 0 N–H and O–H groups in total. The van der Waals surface area contributed by atoms with Crippen molar-refractivity contribution in [3.8, 4) is 0 Å². The first-order valence-electron chi connectivity index (χ1n) is 7.44. The Morgan fingerprint density at radius 1 is 1.13 bits per heavy atom. The summed E-state index contributed by atoms with van der Waals surface area (Å²) in [6.45, 7) is 9.29. The van der Waals surface area contributed by atoms with E-state index in [1.165, 1.54) is 0 Å². The standard InChI is InChI=1S/C18H21NO4/c1-11-16(12(2)23-19-11)17(21)22-10-15(20)13-6-8-14(9-7-13)18(3,4)5/h6-9H,10H2,1-5H3. The van der Waals surface area contributed by atoms with E-state index in [1.54, 1.807) is 26.0 Å². The Labute approximate surface area is 135 Å². The molecular weight excluding hydrogens is 294 g/mol. The number of nitrogens with zero attached hydrogens (tertiary/aromatic N) is 1. The lowest BCUT2D eigenvalue weighted by Crippen LogP contribution is -2.16. The van der Waals surface area contributed by atoms with Gasteiger partial charge in [-0.25, -0.2) is 4.79 Å². The number of Topliss-reactive ketones (excluding diaryl/α,β-unsaturated/α-hetero) is 1. The molecule has 1 aromatic heterocycles. The van der Waals surface area contributed by atoms with E-state index in [9.17, 15) is 9.59 Å². The normalized spacial score (nSPS) is 11.3. The Morgan fingerprint density at radius 3 is 2.22 bits per heavy atom. The summed E-state index contributed by atoms with van der Waals surface area (Å²) in [7, 11) is 0. The maximum absolute atomic E-state index is 12.1. The zero-order valence-corrected chi connectivity index (χ0v) is 14.1. The van der Waals surface area contributed by atoms with E-state index in [1.807, 2.05) is 12.1 Å². The molecule has 0 bridgehead atoms. The van der Waals surface area contributed by atoms with Crippen molar-refractivity contribution in [3.05, 3.63) is 52.4 Å². The number of esters is 1. The lowest BCUT2D eigenvalue weighted by atomic mass is 9.86. The van der Waals surface area contributed by atoms with Gasteiger partial charge in [0.1, 0.15) is 11.3 Å². The van der Waals surface area contributed by atoms with Crippen LogP contribution in [-0.2, 0) is 10.2 Å². The molecule has 23 heavy (non-hydrogen) atoms. The van der Waals surface area contributed by atoms with Crippen molar-refractivity contribution in [1.82, 2.24) is 5.16 Å². The van der Waals surface area contributed by atoms with E-state index in [-0.39, 0.29) is 23.4 Å². The van der Waals surface area contributed by atoms with Gasteiger partial charge in [0.15, 0.2) is 12.4 Å². The third-order valence-corrected chi connectivity index (χ3v) is 3.64. The molecule has 0 atom stereocenters. The van der Waals surface area contributed by atoms with Crippen molar-refractivity contribution in [3.63, 3.8) is 0 Å². The molecule has 2 rings (SSSR count). The molecule has 0 aliphatic rings. The highest BCUT2D eigenvalue weighted by Gasteiger charge is 2.20. The van der Waals surface area contributed by atoms with Crippen molar-refractivity contribution in [1.29, 1.82) is 0 Å². The highest BCUT2D eigenvalue weighted by Crippen LogP contribution is 2.22. The Balaban J connectivity index is 2.01. The topological polar surface area (TPSA) is 69.4 Å². The van der Waals surface area contributed by atoms with Crippen molar-refractivity contribution < 1.29 is 18.8 Å². The average Bonchev–Trinajstić information content (AvgIpc) is 2.83. The number of ketones is 1. The number of aryl methyl sites for hydroxylation is 2. The minimum atomic E-state index is -0.596. The SMILES string of the molecule is Cc1noc(C)c1C(=O)OCC(=O)c1ccc(C(C)(C)C)cc1. The monoisotopic (exact) mass is 315 g/mol. The molecule has 0 spiro atoms. The van der Waals surface area contributed by atoms with Gasteiger partial charge in [0.05, 0.1) is 5.69 Å². The summed E-state index contributed by atoms with van der Waals surface area (Å²) in [6, 6.07) is 7.35. The molecule has 0 amide bonds. The molecule has 1 aromatic carbocycles. The van der Waals surface area contributed by atoms with Crippen LogP contribution in [0.3, 0.4) is 0 Å². The van der Waals surface area contributed by atoms with Crippen LogP contribution >= 0.6 is 0 Å². The number of hydrogen-bond donors (Lipinski definition) is 0. The van der Waals surface area contributed by atoms with Gasteiger partial charge in [-0.2, -0.15) is 0 Å². The Morgan fingerprint density at radius 2 is 1.74 bits per heavy atom. The second kappa shape index (κ2) is 6.36. The fraction of sp³-hybridized carbons (Fsp3) is 0.389. The maximum atomic E-state index is 12.1. The molecule has 0 radical (unpaired) electrons. The van der Waals surface area contributed by atoms with Gasteiger partial charge < -0.3 is 9.26 Å². The van der Waals surface area contributed by atoms with Crippen LogP contribution in [0.15, 0.2) is 28.8 Å². The van der Waals surface area contributed by atoms with Gasteiger partial charge in [-0.15, -0.1) is 0 Å². The first kappa shape index (κ1) is 16.9. The van der Waals surface area contributed by atoms with E-state index in [2.05, 4.69) is 25.9 Å². The van der Waals surface area contributed by atoms with E-state index >= 15 is 0 Å². The summed E-state index contributed by atoms with van der Waals surface area (Å²) in [6.07, 6.45) is 0. The van der Waals surface area contributed by atoms with Crippen LogP contribution in [0.1, 0.15) is 58.5 Å². The van der Waals surface area contributed by atoms with Crippen LogP contribution in [0.2, 0.25) is 0 Å². The van der Waals surface area contributed by atoms with Crippen LogP contribution in [0.4, 0.5) is 0 Å². The van der Waals surface area contributed by atoms with Crippen LogP contribution in [-0.4, -0.2) is 23.5 Å². The largest absolute Gasteiger partial charge is 0.454 e. The van der Waals surface area contributed by atoms with E-state index < -0.39 is 5.97 Å². The van der Waals surface area contributed by atoms with E-state index in [0.29, 0.717) is 17.0 Å². The molecule has 1 heterocycles. The van der Waals surface area contributed by atoms with Crippen molar-refractivity contribution in [2.45, 2.75) is 40.0 Å². The molecule has 0 fully saturated rings. The summed E-state index contributed by atoms with van der Waals surface area (Å²) in [4.78, 5) is 24.1. The third kappa shape index (κ3) is 3.86. The first-order chi connectivity index (χ1) is 10.7. The molecule has 0 unspecified atom stereocenters. The molecule has 5 heteroatoms. The zero-order chi connectivity index (χ0) is 17.2. The van der Waals surface area contributed by atoms with Crippen molar-refractivity contribution >= 4 is 11.8 Å². The molecule has 0 saturated heterocycles. The van der Waals surface area contributed by atoms with Gasteiger partial charge in [-0.1, -0.05) is 50.2 Å². The minimum Gasteiger partial charge on any atom is -0.454 e. The number of carbonyl (C=O) groups is 2. The number of ether oxygens (including phenoxy) is 1. The molecule has 122 valence electrons. The Kier molecular flexibility index (Phi) is 4.68. The van der Waals surface area contributed by atoms with Crippen LogP contribution in [0.25, 0.3) is 0 Å². The summed E-state index contributed by atoms with van der Waals surface area (Å²) in [5.41, 5.74) is 2.42. The lowest BCUT2D eigenvalue weighted by Gasteiger charge is -2.18. The smallest absolute Gasteiger partial charge is 0.344 e. The predicted molar refractivity (Wildman–Crippen MR) is 85.7 cm³/mol. The van der Waals surface area contributed by atoms with Gasteiger partial charge in [-0.3, -0.25) is 4.79 Å². The Bertz CT molecular complexity index is 701.